The van der Waals surface area contributed by atoms with Crippen LogP contribution in [-0.4, -0.2) is 70.6 Å². The molecule has 6 nitrogen and oxygen atoms in total. The number of hydrogen-bond acceptors (Lipinski definition) is 5. The Hall–Kier alpha value is -2.57. The van der Waals surface area contributed by atoms with Gasteiger partial charge in [-0.05, 0) is 47.7 Å². The van der Waals surface area contributed by atoms with Crippen LogP contribution in [0.2, 0.25) is 0 Å². The second-order valence-electron chi connectivity index (χ2n) is 9.24. The molecule has 0 aromatic heterocycles. The van der Waals surface area contributed by atoms with E-state index in [-0.39, 0.29) is 28.9 Å². The molecular weight excluding hydrogens is 390 g/mol. The maximum atomic E-state index is 13.2. The Labute approximate surface area is 184 Å². The lowest BCUT2D eigenvalue weighted by Crippen LogP contribution is -2.43. The molecule has 2 aliphatic rings. The zero-order valence-corrected chi connectivity index (χ0v) is 18.8. The molecule has 0 unspecified atom stereocenters. The summed E-state index contributed by atoms with van der Waals surface area (Å²) in [7, 11) is 2.16. The number of nitrogens with zero attached hydrogens (tertiary/aromatic N) is 3. The number of hydrogen-bond donors (Lipinski definition) is 2. The van der Waals surface area contributed by atoms with Crippen LogP contribution >= 0.6 is 0 Å². The van der Waals surface area contributed by atoms with E-state index >= 15 is 0 Å². The fourth-order valence-electron chi connectivity index (χ4n) is 4.54. The largest absolute Gasteiger partial charge is 0.508 e. The highest BCUT2D eigenvalue weighted by atomic mass is 16.3. The molecule has 2 aromatic carbocycles. The Kier molecular flexibility index (Phi) is 6.21. The summed E-state index contributed by atoms with van der Waals surface area (Å²) in [6, 6.07) is 9.59. The van der Waals surface area contributed by atoms with Crippen molar-refractivity contribution < 1.29 is 15.0 Å². The molecule has 2 heterocycles. The summed E-state index contributed by atoms with van der Waals surface area (Å²) >= 11 is 0. The second kappa shape index (κ2) is 8.89. The first-order chi connectivity index (χ1) is 14.8. The Morgan fingerprint density at radius 1 is 0.968 bits per heavy atom. The van der Waals surface area contributed by atoms with E-state index in [9.17, 15) is 15.0 Å². The quantitative estimate of drug-likeness (QED) is 0.791. The van der Waals surface area contributed by atoms with Gasteiger partial charge in [-0.15, -0.1) is 0 Å². The van der Waals surface area contributed by atoms with Crippen molar-refractivity contribution in [3.05, 3.63) is 58.1 Å². The van der Waals surface area contributed by atoms with E-state index in [1.54, 1.807) is 11.0 Å². The van der Waals surface area contributed by atoms with Crippen molar-refractivity contribution in [2.45, 2.75) is 39.3 Å². The van der Waals surface area contributed by atoms with Crippen LogP contribution in [0.25, 0.3) is 0 Å². The molecule has 0 bridgehead atoms. The fourth-order valence-corrected chi connectivity index (χ4v) is 4.54. The number of phenolic OH excluding ortho intramolecular Hbond substituents is 2. The van der Waals surface area contributed by atoms with Crippen molar-refractivity contribution in [1.82, 2.24) is 14.7 Å². The first-order valence-electron chi connectivity index (χ1n) is 11.2. The molecule has 2 aromatic rings. The van der Waals surface area contributed by atoms with Crippen molar-refractivity contribution in [2.75, 3.05) is 39.8 Å². The lowest BCUT2D eigenvalue weighted by Gasteiger charge is -2.33. The van der Waals surface area contributed by atoms with E-state index in [1.807, 2.05) is 13.8 Å². The Bertz CT molecular complexity index is 965. The number of amides is 1. The Morgan fingerprint density at radius 2 is 1.71 bits per heavy atom. The highest BCUT2D eigenvalue weighted by Crippen LogP contribution is 2.33. The van der Waals surface area contributed by atoms with Crippen LogP contribution in [0.15, 0.2) is 30.3 Å². The van der Waals surface area contributed by atoms with Crippen LogP contribution < -0.4 is 0 Å². The molecule has 0 atom stereocenters. The summed E-state index contributed by atoms with van der Waals surface area (Å²) in [6.07, 6.45) is 0.811. The molecule has 1 fully saturated rings. The van der Waals surface area contributed by atoms with E-state index in [4.69, 9.17) is 0 Å². The summed E-state index contributed by atoms with van der Waals surface area (Å²) in [4.78, 5) is 19.9. The zero-order chi connectivity index (χ0) is 22.1. The van der Waals surface area contributed by atoms with Crippen molar-refractivity contribution in [3.8, 4) is 11.5 Å². The number of piperazine rings is 1. The topological polar surface area (TPSA) is 67.3 Å². The van der Waals surface area contributed by atoms with Crippen molar-refractivity contribution in [2.24, 2.45) is 0 Å². The van der Waals surface area contributed by atoms with Gasteiger partial charge in [-0.25, -0.2) is 0 Å². The van der Waals surface area contributed by atoms with Gasteiger partial charge >= 0.3 is 0 Å². The third-order valence-electron chi connectivity index (χ3n) is 6.57. The zero-order valence-electron chi connectivity index (χ0n) is 18.8. The molecule has 1 saturated heterocycles. The lowest BCUT2D eigenvalue weighted by molar-refractivity contribution is 0.0731. The van der Waals surface area contributed by atoms with Crippen LogP contribution in [0, 0.1) is 0 Å². The first kappa shape index (κ1) is 21.7. The Morgan fingerprint density at radius 3 is 2.42 bits per heavy atom. The number of benzene rings is 2. The minimum absolute atomic E-state index is 0.0292. The number of carbonyl (C=O) groups is 1. The van der Waals surface area contributed by atoms with Gasteiger partial charge in [-0.2, -0.15) is 0 Å². The van der Waals surface area contributed by atoms with Crippen molar-refractivity contribution >= 4 is 5.91 Å². The van der Waals surface area contributed by atoms with Gasteiger partial charge in [0.25, 0.3) is 5.91 Å². The molecule has 0 saturated carbocycles. The van der Waals surface area contributed by atoms with Crippen LogP contribution in [0.4, 0.5) is 0 Å². The average Bonchev–Trinajstić information content (AvgIpc) is 2.74. The highest BCUT2D eigenvalue weighted by molar-refractivity contribution is 5.97. The third-order valence-corrected chi connectivity index (χ3v) is 6.57. The molecular formula is C25H33N3O3. The summed E-state index contributed by atoms with van der Waals surface area (Å²) in [5.74, 6) is -0.260. The molecule has 0 aliphatic carbocycles. The molecule has 166 valence electrons. The first-order valence-corrected chi connectivity index (χ1v) is 11.2. The van der Waals surface area contributed by atoms with E-state index in [2.05, 4.69) is 35.0 Å². The van der Waals surface area contributed by atoms with Crippen molar-refractivity contribution in [3.63, 3.8) is 0 Å². The van der Waals surface area contributed by atoms with Crippen LogP contribution in [0.5, 0.6) is 11.5 Å². The normalized spacial score (nSPS) is 17.7. The SMILES string of the molecule is CC(C)c1cc(C(=O)N2CCc3ccc(CN4CCN(C)CC4)cc3C2)c(O)cc1O. The van der Waals surface area contributed by atoms with Gasteiger partial charge in [0.05, 0.1) is 5.56 Å². The van der Waals surface area contributed by atoms with Gasteiger partial charge in [0.1, 0.15) is 11.5 Å². The summed E-state index contributed by atoms with van der Waals surface area (Å²) in [5.41, 5.74) is 4.70. The van der Waals surface area contributed by atoms with Crippen LogP contribution in [0.1, 0.15) is 52.4 Å². The molecule has 0 radical (unpaired) electrons. The highest BCUT2D eigenvalue weighted by Gasteiger charge is 2.26. The predicted octanol–water partition coefficient (Wildman–Crippen LogP) is 3.17. The summed E-state index contributed by atoms with van der Waals surface area (Å²) in [6.45, 7) is 10.4. The number of likely N-dealkylation sites (N-methyl/N-ethyl adjacent to an activating group) is 1. The molecule has 31 heavy (non-hydrogen) atoms. The molecule has 2 N–H and O–H groups in total. The maximum Gasteiger partial charge on any atom is 0.257 e. The molecule has 2 aliphatic heterocycles. The Balaban J connectivity index is 1.50. The van der Waals surface area contributed by atoms with Crippen molar-refractivity contribution in [1.29, 1.82) is 0 Å². The summed E-state index contributed by atoms with van der Waals surface area (Å²) < 4.78 is 0. The third kappa shape index (κ3) is 4.70. The minimum Gasteiger partial charge on any atom is -0.508 e. The van der Waals surface area contributed by atoms with Gasteiger partial charge < -0.3 is 20.0 Å². The molecule has 1 amide bonds. The van der Waals surface area contributed by atoms with Gasteiger partial charge in [-0.3, -0.25) is 9.69 Å². The average molecular weight is 424 g/mol. The minimum atomic E-state index is -0.186. The molecule has 4 rings (SSSR count). The van der Waals surface area contributed by atoms with Gasteiger partial charge in [0, 0.05) is 51.9 Å². The standard InChI is InChI=1S/C25H33N3O3/c1-17(2)21-13-22(24(30)14-23(21)29)25(31)28-7-6-19-5-4-18(12-20(19)16-28)15-27-10-8-26(3)9-11-27/h4-5,12-14,17,29-30H,6-11,15-16H2,1-3H3. The van der Waals surface area contributed by atoms with Gasteiger partial charge in [0.2, 0.25) is 0 Å². The summed E-state index contributed by atoms with van der Waals surface area (Å²) in [5, 5.41) is 20.4. The molecule has 6 heteroatoms. The van der Waals surface area contributed by atoms with E-state index in [0.717, 1.165) is 39.1 Å². The van der Waals surface area contributed by atoms with Crippen LogP contribution in [-0.2, 0) is 19.5 Å². The van der Waals surface area contributed by atoms with E-state index in [0.29, 0.717) is 18.7 Å². The number of rotatable bonds is 4. The number of carbonyl (C=O) groups excluding carboxylic acids is 1. The van der Waals surface area contributed by atoms with Crippen LogP contribution in [0.3, 0.4) is 0 Å². The van der Waals surface area contributed by atoms with E-state index in [1.165, 1.54) is 22.8 Å². The maximum absolute atomic E-state index is 13.2. The number of aromatic hydroxyl groups is 2. The monoisotopic (exact) mass is 423 g/mol. The number of fused-ring (bicyclic) bond motifs is 1. The van der Waals surface area contributed by atoms with Gasteiger partial charge in [0.15, 0.2) is 0 Å². The van der Waals surface area contributed by atoms with Gasteiger partial charge in [-0.1, -0.05) is 32.0 Å². The fraction of sp³-hybridized carbons (Fsp3) is 0.480. The number of phenols is 2. The lowest BCUT2D eigenvalue weighted by atomic mass is 9.95. The smallest absolute Gasteiger partial charge is 0.257 e. The van der Waals surface area contributed by atoms with E-state index < -0.39 is 0 Å². The predicted molar refractivity (Wildman–Crippen MR) is 122 cm³/mol. The second-order valence-corrected chi connectivity index (χ2v) is 9.24. The molecule has 0 spiro atoms.